The topological polar surface area (TPSA) is 222 Å². The van der Waals surface area contributed by atoms with Crippen molar-refractivity contribution in [1.82, 2.24) is 19.9 Å². The van der Waals surface area contributed by atoms with E-state index in [9.17, 15) is 57.6 Å². The summed E-state index contributed by atoms with van der Waals surface area (Å²) in [6.45, 7) is 0. The Kier molecular flexibility index (Phi) is 14.9. The summed E-state index contributed by atoms with van der Waals surface area (Å²) in [7, 11) is -8.01. The van der Waals surface area contributed by atoms with Crippen LogP contribution in [0.5, 0.6) is 0 Å². The molecule has 336 valence electrons. The number of anilines is 2. The Hall–Kier alpha value is -5.98. The largest absolute Gasteiger partial charge is 0.417 e. The van der Waals surface area contributed by atoms with Gasteiger partial charge >= 0.3 is 12.4 Å². The molecular weight excluding hydrogens is 990 g/mol. The molecule has 15 nitrogen and oxygen atoms in total. The van der Waals surface area contributed by atoms with Crippen LogP contribution >= 0.6 is 46.4 Å². The van der Waals surface area contributed by atoms with Crippen LogP contribution in [0.15, 0.2) is 122 Å². The molecule has 0 radical (unpaired) electrons. The van der Waals surface area contributed by atoms with E-state index >= 15 is 0 Å². The van der Waals surface area contributed by atoms with Gasteiger partial charge < -0.3 is 14.8 Å². The zero-order chi connectivity index (χ0) is 47.4. The van der Waals surface area contributed by atoms with Crippen LogP contribution < -0.4 is 20.6 Å². The minimum absolute atomic E-state index is 0.00211. The normalized spacial score (nSPS) is 12.2. The number of sulfonamides is 2. The second-order valence-corrected chi connectivity index (χ2v) is 17.4. The lowest BCUT2D eigenvalue weighted by atomic mass is 10.1. The monoisotopic (exact) mass is 1010 g/mol. The Balaban J connectivity index is 0.000000241. The van der Waals surface area contributed by atoms with E-state index in [0.29, 0.717) is 12.1 Å². The molecule has 0 saturated heterocycles. The third-order valence-corrected chi connectivity index (χ3v) is 11.9. The van der Waals surface area contributed by atoms with Crippen molar-refractivity contribution in [3.63, 3.8) is 0 Å². The highest BCUT2D eigenvalue weighted by Gasteiger charge is 2.36. The van der Waals surface area contributed by atoms with E-state index in [1.54, 1.807) is 0 Å². The number of aromatic nitrogens is 4. The van der Waals surface area contributed by atoms with E-state index in [4.69, 9.17) is 51.2 Å². The van der Waals surface area contributed by atoms with Gasteiger partial charge in [0, 0.05) is 24.8 Å². The predicted octanol–water partition coefficient (Wildman–Crippen LogP) is 8.42. The number of pyridine rings is 4. The summed E-state index contributed by atoms with van der Waals surface area (Å²) in [5.74, 6) is -0.927. The molecule has 4 N–H and O–H groups in total. The lowest BCUT2D eigenvalue weighted by molar-refractivity contribution is -0.138. The molecule has 0 bridgehead atoms. The van der Waals surface area contributed by atoms with Gasteiger partial charge in [0.15, 0.2) is 0 Å². The second kappa shape index (κ2) is 19.4. The minimum atomic E-state index is -4.89. The highest BCUT2D eigenvalue weighted by Crippen LogP contribution is 2.38. The summed E-state index contributed by atoms with van der Waals surface area (Å²) < 4.78 is 134. The van der Waals surface area contributed by atoms with Crippen LogP contribution in [0.4, 0.5) is 37.7 Å². The number of benzene rings is 2. The lowest BCUT2D eigenvalue weighted by Gasteiger charge is -2.15. The highest BCUT2D eigenvalue weighted by molar-refractivity contribution is 7.93. The fourth-order valence-electron chi connectivity index (χ4n) is 5.24. The molecule has 0 atom stereocenters. The molecule has 6 aromatic rings. The summed E-state index contributed by atoms with van der Waals surface area (Å²) in [4.78, 5) is 52.7. The van der Waals surface area contributed by atoms with Gasteiger partial charge in [-0.2, -0.15) is 26.3 Å². The maximum absolute atomic E-state index is 13.2. The molecule has 6 rings (SSSR count). The van der Waals surface area contributed by atoms with Gasteiger partial charge in [0.05, 0.1) is 63.5 Å². The molecule has 0 aliphatic heterocycles. The van der Waals surface area contributed by atoms with Gasteiger partial charge in [-0.1, -0.05) is 51.6 Å². The van der Waals surface area contributed by atoms with Crippen molar-refractivity contribution in [2.45, 2.75) is 22.1 Å². The van der Waals surface area contributed by atoms with Crippen molar-refractivity contribution in [1.29, 1.82) is 0 Å². The summed E-state index contributed by atoms with van der Waals surface area (Å²) in [5.41, 5.74) is -5.82. The molecule has 4 heterocycles. The molecule has 0 amide bonds. The zero-order valence-electron chi connectivity index (χ0n) is 31.4. The van der Waals surface area contributed by atoms with Crippen molar-refractivity contribution in [2.75, 3.05) is 16.6 Å². The number of alkyl halides is 6. The average Bonchev–Trinajstić information content (AvgIpc) is 3.20. The van der Waals surface area contributed by atoms with Crippen LogP contribution in [0.3, 0.4) is 0 Å². The number of hydrogen-bond acceptors (Lipinski definition) is 11. The smallest absolute Gasteiger partial charge is 0.399 e. The third-order valence-electron chi connectivity index (χ3n) is 8.06. The van der Waals surface area contributed by atoms with Crippen molar-refractivity contribution in [2.24, 2.45) is 5.16 Å². The van der Waals surface area contributed by atoms with Crippen LogP contribution in [0.2, 0.25) is 20.1 Å². The van der Waals surface area contributed by atoms with E-state index in [1.165, 1.54) is 50.0 Å². The summed E-state index contributed by atoms with van der Waals surface area (Å²) in [6, 6.07) is 11.8. The van der Waals surface area contributed by atoms with E-state index in [1.807, 2.05) is 4.72 Å². The molecule has 0 aliphatic carbocycles. The second-order valence-electron chi connectivity index (χ2n) is 12.4. The SMILES string of the molecule is CO/N=C(/c1ncc(Cl)cc1NS(=O)(=O)c1ccc(Cl)c(C(F)(F)F)c1)c1ccc[nH]c1=O.O=C(c1ncc(Cl)cc1NS(=O)(=O)c1ccc(Cl)c(C(F)(F)F)c1)c1ccc[nH]c1=O. The van der Waals surface area contributed by atoms with E-state index < -0.39 is 91.6 Å². The van der Waals surface area contributed by atoms with E-state index in [-0.39, 0.29) is 38.3 Å². The molecule has 2 aromatic carbocycles. The zero-order valence-corrected chi connectivity index (χ0v) is 36.1. The minimum Gasteiger partial charge on any atom is -0.399 e. The number of halogens is 10. The highest BCUT2D eigenvalue weighted by atomic mass is 35.5. The maximum Gasteiger partial charge on any atom is 0.417 e. The Morgan fingerprint density at radius 3 is 1.50 bits per heavy atom. The van der Waals surface area contributed by atoms with Crippen LogP contribution in [0.25, 0.3) is 0 Å². The van der Waals surface area contributed by atoms with Crippen LogP contribution in [-0.4, -0.2) is 55.4 Å². The molecule has 0 saturated carbocycles. The van der Waals surface area contributed by atoms with Crippen LogP contribution in [0, 0.1) is 0 Å². The quantitative estimate of drug-likeness (QED) is 0.0420. The number of nitrogens with one attached hydrogen (secondary N) is 4. The van der Waals surface area contributed by atoms with Crippen molar-refractivity contribution in [3.8, 4) is 0 Å². The molecular formula is C37H23Cl4F6N7O8S2. The summed E-state index contributed by atoms with van der Waals surface area (Å²) in [5, 5.41) is 2.35. The number of nitrogens with zero attached hydrogens (tertiary/aromatic N) is 3. The first kappa shape index (κ1) is 49.0. The predicted molar refractivity (Wildman–Crippen MR) is 223 cm³/mol. The lowest BCUT2D eigenvalue weighted by Crippen LogP contribution is -2.22. The number of carbonyl (C=O) groups is 1. The van der Waals surface area contributed by atoms with E-state index in [2.05, 4.69) is 29.8 Å². The Bertz CT molecular complexity index is 3150. The fourth-order valence-corrected chi connectivity index (χ4v) is 8.17. The molecule has 0 unspecified atom stereocenters. The average molecular weight is 1010 g/mol. The number of carbonyl (C=O) groups excluding carboxylic acids is 1. The molecule has 0 aliphatic rings. The first-order valence-electron chi connectivity index (χ1n) is 17.0. The molecule has 0 fully saturated rings. The number of H-pyrrole nitrogens is 2. The van der Waals surface area contributed by atoms with Gasteiger partial charge in [0.1, 0.15) is 24.2 Å². The fraction of sp³-hybridized carbons (Fsp3) is 0.0811. The van der Waals surface area contributed by atoms with Gasteiger partial charge in [-0.15, -0.1) is 0 Å². The number of aromatic amines is 2. The number of ketones is 1. The maximum atomic E-state index is 13.2. The molecule has 0 spiro atoms. The number of rotatable bonds is 11. The first-order valence-corrected chi connectivity index (χ1v) is 21.4. The van der Waals surface area contributed by atoms with Gasteiger partial charge in [-0.25, -0.2) is 21.8 Å². The number of oxime groups is 1. The Morgan fingerprint density at radius 1 is 0.656 bits per heavy atom. The summed E-state index contributed by atoms with van der Waals surface area (Å²) in [6.07, 6.45) is -4.90. The first-order chi connectivity index (χ1) is 29.8. The Morgan fingerprint density at radius 2 is 1.08 bits per heavy atom. The van der Waals surface area contributed by atoms with Crippen molar-refractivity contribution < 1.29 is 52.8 Å². The molecule has 4 aromatic heterocycles. The van der Waals surface area contributed by atoms with Crippen molar-refractivity contribution in [3.05, 3.63) is 172 Å². The van der Waals surface area contributed by atoms with Gasteiger partial charge in [-0.3, -0.25) is 28.8 Å². The Labute approximate surface area is 376 Å². The van der Waals surface area contributed by atoms with Crippen LogP contribution in [0.1, 0.15) is 38.4 Å². The van der Waals surface area contributed by atoms with Gasteiger partial charge in [0.25, 0.3) is 31.2 Å². The summed E-state index contributed by atoms with van der Waals surface area (Å²) >= 11 is 22.9. The van der Waals surface area contributed by atoms with Gasteiger partial charge in [-0.05, 0) is 72.8 Å². The molecule has 27 heteroatoms. The number of hydrogen-bond donors (Lipinski definition) is 4. The molecule has 64 heavy (non-hydrogen) atoms. The van der Waals surface area contributed by atoms with Crippen LogP contribution in [-0.2, 0) is 37.2 Å². The third kappa shape index (κ3) is 11.6. The van der Waals surface area contributed by atoms with E-state index in [0.717, 1.165) is 42.6 Å². The standard InChI is InChI=1S/C19H13Cl2F3N4O4S.C18H10Cl2F3N3O4S/c1-32-27-16(12-3-2-6-25-18(12)29)17-15(7-10(20)9-26-17)28-33(30,31)11-4-5-14(21)13(8-11)19(22,23)24;19-9-6-14(15(25-8-9)16(27)11-2-1-5-24-17(11)28)26-31(29,30)10-3-4-13(20)12(7-10)18(21,22)23/h2-9,28H,1H3,(H,25,29);1-8,26H,(H,24,28)/b27-16+;. The van der Waals surface area contributed by atoms with Crippen molar-refractivity contribution >= 4 is 89.3 Å². The van der Waals surface area contributed by atoms with Gasteiger partial charge in [0.2, 0.25) is 5.78 Å².